The summed E-state index contributed by atoms with van der Waals surface area (Å²) in [6, 6.07) is 0. The fourth-order valence-electron chi connectivity index (χ4n) is 4.40. The zero-order chi connectivity index (χ0) is 19.0. The van der Waals surface area contributed by atoms with Crippen molar-refractivity contribution in [2.75, 3.05) is 77.6 Å². The lowest BCUT2D eigenvalue weighted by molar-refractivity contribution is -0.0120. The number of thioether (sulfide) groups is 1. The Bertz CT molecular complexity index is 462. The molecule has 6 nitrogen and oxygen atoms in total. The van der Waals surface area contributed by atoms with Crippen molar-refractivity contribution in [3.8, 4) is 0 Å². The molecule has 1 unspecified atom stereocenters. The van der Waals surface area contributed by atoms with Crippen LogP contribution in [0.5, 0.6) is 0 Å². The average Bonchev–Trinajstić information content (AvgIpc) is 3.20. The molecule has 164 valence electrons. The second kappa shape index (κ2) is 12.8. The number of guanidine groups is 1. The molecule has 3 heterocycles. The van der Waals surface area contributed by atoms with E-state index in [1.165, 1.54) is 56.8 Å². The van der Waals surface area contributed by atoms with Crippen molar-refractivity contribution >= 4 is 41.7 Å². The molecule has 3 rings (SSSR count). The lowest BCUT2D eigenvalue weighted by Gasteiger charge is -2.43. The minimum Gasteiger partial charge on any atom is -0.379 e. The Balaban J connectivity index is 0.00000280. The first kappa shape index (κ1) is 24.5. The fourth-order valence-corrected chi connectivity index (χ4v) is 5.88. The molecular weight excluding hydrogens is 485 g/mol. The van der Waals surface area contributed by atoms with Gasteiger partial charge in [0.25, 0.3) is 0 Å². The zero-order valence-electron chi connectivity index (χ0n) is 17.8. The zero-order valence-corrected chi connectivity index (χ0v) is 20.9. The van der Waals surface area contributed by atoms with Gasteiger partial charge in [0, 0.05) is 44.5 Å². The Morgan fingerprint density at radius 3 is 2.57 bits per heavy atom. The van der Waals surface area contributed by atoms with Crippen LogP contribution in [0.1, 0.15) is 32.6 Å². The van der Waals surface area contributed by atoms with E-state index in [-0.39, 0.29) is 29.5 Å². The molecule has 0 amide bonds. The molecule has 0 bridgehead atoms. The number of morpholine rings is 1. The monoisotopic (exact) mass is 525 g/mol. The summed E-state index contributed by atoms with van der Waals surface area (Å²) in [6.07, 6.45) is 5.16. The number of likely N-dealkylation sites (tertiary alicyclic amines) is 1. The number of ether oxygens (including phenoxy) is 1. The quantitative estimate of drug-likeness (QED) is 0.230. The topological polar surface area (TPSA) is 52.1 Å². The highest BCUT2D eigenvalue weighted by molar-refractivity contribution is 14.0. The van der Waals surface area contributed by atoms with Gasteiger partial charge in [-0.15, -0.1) is 24.0 Å². The van der Waals surface area contributed by atoms with Gasteiger partial charge in [0.1, 0.15) is 0 Å². The van der Waals surface area contributed by atoms with Gasteiger partial charge in [-0.1, -0.05) is 6.92 Å². The van der Waals surface area contributed by atoms with E-state index in [0.717, 1.165) is 51.3 Å². The van der Waals surface area contributed by atoms with Crippen molar-refractivity contribution in [2.45, 2.75) is 38.1 Å². The van der Waals surface area contributed by atoms with Crippen LogP contribution in [0.3, 0.4) is 0 Å². The molecule has 3 fully saturated rings. The number of rotatable bonds is 7. The highest BCUT2D eigenvalue weighted by atomic mass is 127. The van der Waals surface area contributed by atoms with Gasteiger partial charge in [0.2, 0.25) is 0 Å². The Labute approximate surface area is 193 Å². The Hall–Kier alpha value is 0.230. The predicted molar refractivity (Wildman–Crippen MR) is 131 cm³/mol. The normalized spacial score (nSPS) is 28.1. The summed E-state index contributed by atoms with van der Waals surface area (Å²) in [5, 5.41) is 7.15. The van der Waals surface area contributed by atoms with Crippen molar-refractivity contribution in [1.82, 2.24) is 20.4 Å². The first-order chi connectivity index (χ1) is 13.2. The molecule has 3 aliphatic rings. The molecular formula is C20H40IN5OS. The van der Waals surface area contributed by atoms with E-state index >= 15 is 0 Å². The van der Waals surface area contributed by atoms with Crippen molar-refractivity contribution in [1.29, 1.82) is 0 Å². The van der Waals surface area contributed by atoms with Crippen LogP contribution in [-0.2, 0) is 4.74 Å². The van der Waals surface area contributed by atoms with Crippen molar-refractivity contribution in [3.05, 3.63) is 0 Å². The minimum atomic E-state index is 0. The van der Waals surface area contributed by atoms with Gasteiger partial charge in [0.05, 0.1) is 13.2 Å². The van der Waals surface area contributed by atoms with Gasteiger partial charge in [-0.05, 0) is 57.0 Å². The Kier molecular flexibility index (Phi) is 11.2. The third-order valence-corrected chi connectivity index (χ3v) is 7.63. The maximum Gasteiger partial charge on any atom is 0.191 e. The number of piperidine rings is 1. The SMILES string of the molecule is CN=C(NCCCN1CCC(C)CC1)NCC1(N2CCOCC2)CCSC1.I. The highest BCUT2D eigenvalue weighted by Gasteiger charge is 2.40. The molecule has 0 spiro atoms. The largest absolute Gasteiger partial charge is 0.379 e. The third kappa shape index (κ3) is 7.18. The maximum atomic E-state index is 5.56. The molecule has 2 N–H and O–H groups in total. The molecule has 0 aromatic rings. The molecule has 3 saturated heterocycles. The van der Waals surface area contributed by atoms with Crippen LogP contribution in [0.15, 0.2) is 4.99 Å². The second-order valence-electron chi connectivity index (χ2n) is 8.36. The fraction of sp³-hybridized carbons (Fsp3) is 0.950. The summed E-state index contributed by atoms with van der Waals surface area (Å²) in [7, 11) is 1.88. The number of nitrogens with zero attached hydrogens (tertiary/aromatic N) is 3. The molecule has 0 saturated carbocycles. The van der Waals surface area contributed by atoms with Gasteiger partial charge < -0.3 is 20.3 Å². The van der Waals surface area contributed by atoms with Gasteiger partial charge >= 0.3 is 0 Å². The van der Waals surface area contributed by atoms with Crippen LogP contribution >= 0.6 is 35.7 Å². The summed E-state index contributed by atoms with van der Waals surface area (Å²) in [6.45, 7) is 11.9. The van der Waals surface area contributed by atoms with Crippen molar-refractivity contribution in [2.24, 2.45) is 10.9 Å². The first-order valence-corrected chi connectivity index (χ1v) is 11.9. The van der Waals surface area contributed by atoms with E-state index in [1.807, 2.05) is 7.05 Å². The van der Waals surface area contributed by atoms with Crippen molar-refractivity contribution < 1.29 is 4.74 Å². The molecule has 1 atom stereocenters. The second-order valence-corrected chi connectivity index (χ2v) is 9.46. The molecule has 0 aromatic carbocycles. The molecule has 8 heteroatoms. The van der Waals surface area contributed by atoms with Crippen LogP contribution in [0.2, 0.25) is 0 Å². The maximum absolute atomic E-state index is 5.56. The number of hydrogen-bond donors (Lipinski definition) is 2. The first-order valence-electron chi connectivity index (χ1n) is 10.8. The smallest absolute Gasteiger partial charge is 0.191 e. The average molecular weight is 526 g/mol. The van der Waals surface area contributed by atoms with Crippen LogP contribution in [-0.4, -0.2) is 98.9 Å². The summed E-state index contributed by atoms with van der Waals surface area (Å²) < 4.78 is 5.56. The third-order valence-electron chi connectivity index (χ3n) is 6.39. The van der Waals surface area contributed by atoms with Crippen LogP contribution in [0.25, 0.3) is 0 Å². The van der Waals surface area contributed by atoms with Crippen LogP contribution in [0, 0.1) is 5.92 Å². The van der Waals surface area contributed by atoms with Gasteiger partial charge in [-0.3, -0.25) is 9.89 Å². The predicted octanol–water partition coefficient (Wildman–Crippen LogP) is 2.10. The summed E-state index contributed by atoms with van der Waals surface area (Å²) in [5.74, 6) is 4.34. The molecule has 0 aliphatic carbocycles. The van der Waals surface area contributed by atoms with E-state index in [2.05, 4.69) is 44.1 Å². The summed E-state index contributed by atoms with van der Waals surface area (Å²) in [4.78, 5) is 9.71. The number of hydrogen-bond acceptors (Lipinski definition) is 5. The summed E-state index contributed by atoms with van der Waals surface area (Å²) >= 11 is 2.08. The minimum absolute atomic E-state index is 0. The van der Waals surface area contributed by atoms with Crippen LogP contribution < -0.4 is 10.6 Å². The number of halogens is 1. The van der Waals surface area contributed by atoms with Gasteiger partial charge in [-0.2, -0.15) is 11.8 Å². The lowest BCUT2D eigenvalue weighted by atomic mass is 9.95. The molecule has 3 aliphatic heterocycles. The van der Waals surface area contributed by atoms with E-state index in [9.17, 15) is 0 Å². The van der Waals surface area contributed by atoms with E-state index < -0.39 is 0 Å². The van der Waals surface area contributed by atoms with E-state index in [4.69, 9.17) is 4.74 Å². The van der Waals surface area contributed by atoms with Crippen LogP contribution in [0.4, 0.5) is 0 Å². The number of nitrogens with one attached hydrogen (secondary N) is 2. The number of aliphatic imine (C=N–C) groups is 1. The Morgan fingerprint density at radius 1 is 1.18 bits per heavy atom. The molecule has 28 heavy (non-hydrogen) atoms. The molecule has 0 aromatic heterocycles. The summed E-state index contributed by atoms with van der Waals surface area (Å²) in [5.41, 5.74) is 0.260. The Morgan fingerprint density at radius 2 is 1.93 bits per heavy atom. The standard InChI is InChI=1S/C20H39N5OS.HI/c1-18-4-9-24(10-5-18)8-3-7-22-19(21-2)23-16-20(6-15-27-17-20)25-11-13-26-14-12-25;/h18H,3-17H2,1-2H3,(H2,21,22,23);1H. The van der Waals surface area contributed by atoms with Gasteiger partial charge in [-0.25, -0.2) is 0 Å². The van der Waals surface area contributed by atoms with E-state index in [0.29, 0.717) is 0 Å². The van der Waals surface area contributed by atoms with Gasteiger partial charge in [0.15, 0.2) is 5.96 Å². The van der Waals surface area contributed by atoms with Crippen molar-refractivity contribution in [3.63, 3.8) is 0 Å². The highest BCUT2D eigenvalue weighted by Crippen LogP contribution is 2.33. The van der Waals surface area contributed by atoms with E-state index in [1.54, 1.807) is 0 Å². The lowest BCUT2D eigenvalue weighted by Crippen LogP contribution is -2.60. The molecule has 0 radical (unpaired) electrons.